The molecule has 106 valence electrons. The fourth-order valence-electron chi connectivity index (χ4n) is 1.67. The summed E-state index contributed by atoms with van der Waals surface area (Å²) in [5.41, 5.74) is 1.72. The van der Waals surface area contributed by atoms with E-state index in [1.54, 1.807) is 6.92 Å². The number of ketones is 1. The van der Waals surface area contributed by atoms with E-state index in [0.29, 0.717) is 30.4 Å². The van der Waals surface area contributed by atoms with Crippen LogP contribution < -0.4 is 4.74 Å². The molecule has 0 amide bonds. The first-order chi connectivity index (χ1) is 9.00. The van der Waals surface area contributed by atoms with Gasteiger partial charge < -0.3 is 9.47 Å². The smallest absolute Gasteiger partial charge is 0.163 e. The highest BCUT2D eigenvalue weighted by Gasteiger charge is 2.08. The standard InChI is InChI=1S/C16H24O3/c1-12(2)7-8-18-9-10-19-16-11-13(3)5-6-15(16)14(4)17/h5-6,11-12H,7-10H2,1-4H3. The Morgan fingerprint density at radius 1 is 1.21 bits per heavy atom. The summed E-state index contributed by atoms with van der Waals surface area (Å²) in [6.07, 6.45) is 1.06. The number of Topliss-reactive ketones (excluding diaryl/α,β-unsaturated/α-hetero) is 1. The zero-order valence-electron chi connectivity index (χ0n) is 12.4. The van der Waals surface area contributed by atoms with Gasteiger partial charge in [0.1, 0.15) is 12.4 Å². The SMILES string of the molecule is CC(=O)c1ccc(C)cc1OCCOCCC(C)C. The predicted molar refractivity (Wildman–Crippen MR) is 77.0 cm³/mol. The summed E-state index contributed by atoms with van der Waals surface area (Å²) in [5.74, 6) is 1.33. The fourth-order valence-corrected chi connectivity index (χ4v) is 1.67. The van der Waals surface area contributed by atoms with Crippen molar-refractivity contribution in [1.82, 2.24) is 0 Å². The summed E-state index contributed by atoms with van der Waals surface area (Å²) in [6, 6.07) is 5.63. The van der Waals surface area contributed by atoms with Gasteiger partial charge in [-0.2, -0.15) is 0 Å². The van der Waals surface area contributed by atoms with E-state index >= 15 is 0 Å². The molecule has 3 nitrogen and oxygen atoms in total. The molecule has 0 spiro atoms. The third kappa shape index (κ3) is 5.88. The van der Waals surface area contributed by atoms with Gasteiger partial charge in [-0.15, -0.1) is 0 Å². The van der Waals surface area contributed by atoms with Gasteiger partial charge in [-0.3, -0.25) is 4.79 Å². The largest absolute Gasteiger partial charge is 0.490 e. The van der Waals surface area contributed by atoms with E-state index in [9.17, 15) is 4.79 Å². The Morgan fingerprint density at radius 3 is 2.58 bits per heavy atom. The number of hydrogen-bond acceptors (Lipinski definition) is 3. The molecule has 0 heterocycles. The van der Waals surface area contributed by atoms with Crippen molar-refractivity contribution in [3.63, 3.8) is 0 Å². The summed E-state index contributed by atoms with van der Waals surface area (Å²) >= 11 is 0. The third-order valence-electron chi connectivity index (χ3n) is 2.84. The van der Waals surface area contributed by atoms with Gasteiger partial charge in [-0.05, 0) is 43.9 Å². The maximum Gasteiger partial charge on any atom is 0.163 e. The zero-order valence-corrected chi connectivity index (χ0v) is 12.4. The van der Waals surface area contributed by atoms with E-state index in [4.69, 9.17) is 9.47 Å². The average Bonchev–Trinajstić information content (AvgIpc) is 2.33. The molecule has 0 aliphatic carbocycles. The molecule has 0 bridgehead atoms. The predicted octanol–water partition coefficient (Wildman–Crippen LogP) is 3.64. The summed E-state index contributed by atoms with van der Waals surface area (Å²) in [5, 5.41) is 0. The first kappa shape index (κ1) is 15.7. The van der Waals surface area contributed by atoms with Crippen LogP contribution in [-0.2, 0) is 4.74 Å². The molecule has 1 aromatic rings. The topological polar surface area (TPSA) is 35.5 Å². The van der Waals surface area contributed by atoms with Crippen LogP contribution in [-0.4, -0.2) is 25.6 Å². The number of hydrogen-bond donors (Lipinski definition) is 0. The monoisotopic (exact) mass is 264 g/mol. The van der Waals surface area contributed by atoms with Crippen molar-refractivity contribution in [3.8, 4) is 5.75 Å². The minimum atomic E-state index is 0.0238. The molecule has 0 atom stereocenters. The molecule has 0 radical (unpaired) electrons. The van der Waals surface area contributed by atoms with Gasteiger partial charge in [0.2, 0.25) is 0 Å². The quantitative estimate of drug-likeness (QED) is 0.531. The normalized spacial score (nSPS) is 10.8. The molecule has 0 aromatic heterocycles. The Bertz CT molecular complexity index is 410. The number of aryl methyl sites for hydroxylation is 1. The highest BCUT2D eigenvalue weighted by atomic mass is 16.5. The van der Waals surface area contributed by atoms with Crippen molar-refractivity contribution in [3.05, 3.63) is 29.3 Å². The van der Waals surface area contributed by atoms with Crippen LogP contribution in [0.2, 0.25) is 0 Å². The average molecular weight is 264 g/mol. The van der Waals surface area contributed by atoms with Gasteiger partial charge in [0.25, 0.3) is 0 Å². The lowest BCUT2D eigenvalue weighted by atomic mass is 10.1. The minimum Gasteiger partial charge on any atom is -0.490 e. The summed E-state index contributed by atoms with van der Waals surface area (Å²) in [7, 11) is 0. The summed E-state index contributed by atoms with van der Waals surface area (Å²) in [4.78, 5) is 11.5. The van der Waals surface area contributed by atoms with Gasteiger partial charge in [0.05, 0.1) is 12.2 Å². The van der Waals surface area contributed by atoms with E-state index in [2.05, 4.69) is 13.8 Å². The maximum absolute atomic E-state index is 11.5. The fraction of sp³-hybridized carbons (Fsp3) is 0.562. The summed E-state index contributed by atoms with van der Waals surface area (Å²) < 4.78 is 11.1. The number of carbonyl (C=O) groups excluding carboxylic acids is 1. The second kappa shape index (κ2) is 7.95. The maximum atomic E-state index is 11.5. The molecule has 0 saturated carbocycles. The number of rotatable bonds is 8. The van der Waals surface area contributed by atoms with Crippen molar-refractivity contribution in [2.45, 2.75) is 34.1 Å². The lowest BCUT2D eigenvalue weighted by Gasteiger charge is -2.11. The molecule has 19 heavy (non-hydrogen) atoms. The first-order valence-electron chi connectivity index (χ1n) is 6.83. The van der Waals surface area contributed by atoms with Gasteiger partial charge >= 0.3 is 0 Å². The molecule has 0 saturated heterocycles. The molecular weight excluding hydrogens is 240 g/mol. The van der Waals surface area contributed by atoms with Gasteiger partial charge in [0.15, 0.2) is 5.78 Å². The Kier molecular flexibility index (Phi) is 6.57. The van der Waals surface area contributed by atoms with Crippen molar-refractivity contribution in [1.29, 1.82) is 0 Å². The molecule has 0 N–H and O–H groups in total. The Labute approximate surface area is 115 Å². The minimum absolute atomic E-state index is 0.0238. The molecule has 3 heteroatoms. The van der Waals surface area contributed by atoms with Gasteiger partial charge in [-0.1, -0.05) is 19.9 Å². The number of ether oxygens (including phenoxy) is 2. The van der Waals surface area contributed by atoms with Crippen molar-refractivity contribution in [2.24, 2.45) is 5.92 Å². The van der Waals surface area contributed by atoms with E-state index < -0.39 is 0 Å². The van der Waals surface area contributed by atoms with Crippen LogP contribution in [0.15, 0.2) is 18.2 Å². The number of carbonyl (C=O) groups is 1. The van der Waals surface area contributed by atoms with Gasteiger partial charge in [0, 0.05) is 6.61 Å². The summed E-state index contributed by atoms with van der Waals surface area (Å²) in [6.45, 7) is 9.66. The first-order valence-corrected chi connectivity index (χ1v) is 6.83. The Morgan fingerprint density at radius 2 is 1.95 bits per heavy atom. The number of benzene rings is 1. The third-order valence-corrected chi connectivity index (χ3v) is 2.84. The molecule has 1 rings (SSSR count). The highest BCUT2D eigenvalue weighted by molar-refractivity contribution is 5.96. The molecule has 0 aliphatic heterocycles. The second-order valence-electron chi connectivity index (χ2n) is 5.20. The van der Waals surface area contributed by atoms with E-state index in [0.717, 1.165) is 18.6 Å². The van der Waals surface area contributed by atoms with Crippen molar-refractivity contribution >= 4 is 5.78 Å². The van der Waals surface area contributed by atoms with E-state index in [1.807, 2.05) is 25.1 Å². The Hall–Kier alpha value is -1.35. The van der Waals surface area contributed by atoms with Crippen LogP contribution in [0, 0.1) is 12.8 Å². The molecule has 1 aromatic carbocycles. The lowest BCUT2D eigenvalue weighted by Crippen LogP contribution is -2.10. The van der Waals surface area contributed by atoms with E-state index in [1.165, 1.54) is 0 Å². The Balaban J connectivity index is 2.40. The van der Waals surface area contributed by atoms with Crippen LogP contribution in [0.25, 0.3) is 0 Å². The van der Waals surface area contributed by atoms with Crippen molar-refractivity contribution in [2.75, 3.05) is 19.8 Å². The molecule has 0 fully saturated rings. The van der Waals surface area contributed by atoms with Gasteiger partial charge in [-0.25, -0.2) is 0 Å². The molecule has 0 aliphatic rings. The highest BCUT2D eigenvalue weighted by Crippen LogP contribution is 2.20. The van der Waals surface area contributed by atoms with Crippen LogP contribution >= 0.6 is 0 Å². The van der Waals surface area contributed by atoms with Crippen LogP contribution in [0.3, 0.4) is 0 Å². The van der Waals surface area contributed by atoms with Crippen LogP contribution in [0.4, 0.5) is 0 Å². The van der Waals surface area contributed by atoms with E-state index in [-0.39, 0.29) is 5.78 Å². The van der Waals surface area contributed by atoms with Crippen LogP contribution in [0.5, 0.6) is 5.75 Å². The lowest BCUT2D eigenvalue weighted by molar-refractivity contribution is 0.0907. The second-order valence-corrected chi connectivity index (χ2v) is 5.20. The van der Waals surface area contributed by atoms with Crippen molar-refractivity contribution < 1.29 is 14.3 Å². The zero-order chi connectivity index (χ0) is 14.3. The van der Waals surface area contributed by atoms with Crippen LogP contribution in [0.1, 0.15) is 43.1 Å². The molecular formula is C16H24O3. The molecule has 0 unspecified atom stereocenters.